The number of aryl methyl sites for hydroxylation is 1. The van der Waals surface area contributed by atoms with E-state index in [1.165, 1.54) is 6.07 Å². The highest BCUT2D eigenvalue weighted by Crippen LogP contribution is 2.25. The van der Waals surface area contributed by atoms with Crippen LogP contribution in [0.5, 0.6) is 0 Å². The molecule has 4 rings (SSSR count). The molecule has 1 fully saturated rings. The minimum Gasteiger partial charge on any atom is -0.376 e. The zero-order valence-electron chi connectivity index (χ0n) is 15.5. The molecular formula is C20H23FN4OS. The Bertz CT molecular complexity index is 899. The van der Waals surface area contributed by atoms with Gasteiger partial charge in [-0.15, -0.1) is 0 Å². The number of nitrogens with zero attached hydrogens (tertiary/aromatic N) is 3. The zero-order chi connectivity index (χ0) is 18.8. The lowest BCUT2D eigenvalue weighted by molar-refractivity contribution is 0.118. The molecule has 0 bridgehead atoms. The van der Waals surface area contributed by atoms with E-state index in [-0.39, 0.29) is 11.9 Å². The number of nitrogens with one attached hydrogen (secondary N) is 1. The van der Waals surface area contributed by atoms with Crippen molar-refractivity contribution in [2.45, 2.75) is 32.8 Å². The van der Waals surface area contributed by atoms with Gasteiger partial charge in [0.1, 0.15) is 5.82 Å². The first-order valence-electron chi connectivity index (χ1n) is 9.19. The molecule has 0 spiro atoms. The number of hydrogen-bond acceptors (Lipinski definition) is 4. The Labute approximate surface area is 162 Å². The molecule has 0 amide bonds. The fourth-order valence-electron chi connectivity index (χ4n) is 3.57. The Morgan fingerprint density at radius 2 is 2.22 bits per heavy atom. The molecule has 1 N–H and O–H groups in total. The fraction of sp³-hybridized carbons (Fsp3) is 0.400. The molecule has 2 aliphatic heterocycles. The van der Waals surface area contributed by atoms with E-state index in [0.29, 0.717) is 12.2 Å². The van der Waals surface area contributed by atoms with Crippen molar-refractivity contribution in [3.05, 3.63) is 53.1 Å². The minimum absolute atomic E-state index is 0.229. The lowest BCUT2D eigenvalue weighted by atomic mass is 10.1. The summed E-state index contributed by atoms with van der Waals surface area (Å²) in [6.07, 6.45) is 2.44. The van der Waals surface area contributed by atoms with Gasteiger partial charge < -0.3 is 9.30 Å². The van der Waals surface area contributed by atoms with Crippen molar-refractivity contribution >= 4 is 22.6 Å². The first kappa shape index (κ1) is 18.3. The number of para-hydroxylation sites is 1. The summed E-state index contributed by atoms with van der Waals surface area (Å²) in [5, 5.41) is 5.36. The van der Waals surface area contributed by atoms with Crippen LogP contribution in [0.1, 0.15) is 29.8 Å². The van der Waals surface area contributed by atoms with Gasteiger partial charge in [-0.1, -0.05) is 23.9 Å². The van der Waals surface area contributed by atoms with Crippen LogP contribution in [0.3, 0.4) is 0 Å². The number of thioether (sulfide) groups is 1. The molecule has 27 heavy (non-hydrogen) atoms. The van der Waals surface area contributed by atoms with Crippen LogP contribution in [-0.4, -0.2) is 40.5 Å². The highest BCUT2D eigenvalue weighted by atomic mass is 32.2. The Morgan fingerprint density at radius 3 is 2.93 bits per heavy atom. The van der Waals surface area contributed by atoms with Crippen LogP contribution >= 0.6 is 11.8 Å². The van der Waals surface area contributed by atoms with E-state index in [4.69, 9.17) is 4.74 Å². The van der Waals surface area contributed by atoms with Crippen LogP contribution in [-0.2, 0) is 4.74 Å². The summed E-state index contributed by atoms with van der Waals surface area (Å²) in [7, 11) is 0. The van der Waals surface area contributed by atoms with Gasteiger partial charge in [-0.3, -0.25) is 10.4 Å². The van der Waals surface area contributed by atoms with E-state index < -0.39 is 0 Å². The summed E-state index contributed by atoms with van der Waals surface area (Å²) in [4.78, 5) is 4.58. The van der Waals surface area contributed by atoms with Gasteiger partial charge in [0.05, 0.1) is 24.0 Å². The van der Waals surface area contributed by atoms with Crippen LogP contribution in [0.15, 0.2) is 40.4 Å². The maximum Gasteiger partial charge on any atom is 0.177 e. The molecule has 0 saturated carbocycles. The molecule has 5 nitrogen and oxygen atoms in total. The van der Waals surface area contributed by atoms with Crippen molar-refractivity contribution in [1.82, 2.24) is 9.99 Å². The second-order valence-corrected chi connectivity index (χ2v) is 7.78. The second-order valence-electron chi connectivity index (χ2n) is 6.81. The molecule has 0 unspecified atom stereocenters. The van der Waals surface area contributed by atoms with Crippen molar-refractivity contribution in [3.8, 4) is 5.69 Å². The predicted molar refractivity (Wildman–Crippen MR) is 109 cm³/mol. The molecule has 1 aromatic heterocycles. The summed E-state index contributed by atoms with van der Waals surface area (Å²) < 4.78 is 21.8. The molecule has 1 aromatic carbocycles. The number of ether oxygens (including phenoxy) is 1. The van der Waals surface area contributed by atoms with Crippen LogP contribution < -0.4 is 5.43 Å². The Balaban J connectivity index is 1.54. The van der Waals surface area contributed by atoms with E-state index in [2.05, 4.69) is 21.6 Å². The van der Waals surface area contributed by atoms with E-state index in [0.717, 1.165) is 53.0 Å². The fourth-order valence-corrected chi connectivity index (χ4v) is 4.34. The second kappa shape index (κ2) is 7.86. The van der Waals surface area contributed by atoms with Gasteiger partial charge in [0.25, 0.3) is 0 Å². The number of rotatable bonds is 4. The van der Waals surface area contributed by atoms with Gasteiger partial charge in [-0.05, 0) is 44.9 Å². The lowest BCUT2D eigenvalue weighted by Gasteiger charge is -2.16. The maximum absolute atomic E-state index is 14.3. The molecule has 2 aliphatic rings. The zero-order valence-corrected chi connectivity index (χ0v) is 16.4. The van der Waals surface area contributed by atoms with E-state index in [1.54, 1.807) is 23.9 Å². The quantitative estimate of drug-likeness (QED) is 0.869. The van der Waals surface area contributed by atoms with Crippen LogP contribution in [0, 0.1) is 19.7 Å². The lowest BCUT2D eigenvalue weighted by Crippen LogP contribution is -2.26. The standard InChI is InChI=1S/C20H23FN4OS/c1-13-10-16(14(2)25(13)19-8-4-3-7-17(19)21)18-12-27-20(24-23-18)22-11-15-6-5-9-26-15/h3-4,7-8,10,15H,5-6,9,11-12H2,1-2H3,(H,22,24)/t15-/m1/s1. The SMILES string of the molecule is Cc1cc(C2=NNC(=NC[C@H]3CCCO3)SC2)c(C)n1-c1ccccc1F. The topological polar surface area (TPSA) is 50.9 Å². The average Bonchev–Trinajstić information content (AvgIpc) is 3.29. The predicted octanol–water partition coefficient (Wildman–Crippen LogP) is 3.81. The Hall–Kier alpha value is -2.12. The highest BCUT2D eigenvalue weighted by Gasteiger charge is 2.21. The monoisotopic (exact) mass is 386 g/mol. The first-order chi connectivity index (χ1) is 13.1. The van der Waals surface area contributed by atoms with Gasteiger partial charge in [-0.2, -0.15) is 5.10 Å². The molecule has 7 heteroatoms. The van der Waals surface area contributed by atoms with Gasteiger partial charge in [-0.25, -0.2) is 4.39 Å². The number of aromatic nitrogens is 1. The Kier molecular flexibility index (Phi) is 5.31. The van der Waals surface area contributed by atoms with E-state index in [9.17, 15) is 4.39 Å². The number of hydrazone groups is 1. The van der Waals surface area contributed by atoms with Gasteiger partial charge in [0, 0.05) is 29.3 Å². The van der Waals surface area contributed by atoms with Crippen LogP contribution in [0.2, 0.25) is 0 Å². The molecular weight excluding hydrogens is 363 g/mol. The number of aliphatic imine (C=N–C) groups is 1. The number of hydrogen-bond donors (Lipinski definition) is 1. The summed E-state index contributed by atoms with van der Waals surface area (Å²) in [5.74, 6) is 0.506. The summed E-state index contributed by atoms with van der Waals surface area (Å²) >= 11 is 1.64. The molecule has 0 aliphatic carbocycles. The highest BCUT2D eigenvalue weighted by molar-refractivity contribution is 8.14. The number of benzene rings is 1. The van der Waals surface area contributed by atoms with E-state index in [1.807, 2.05) is 24.5 Å². The molecule has 3 heterocycles. The maximum atomic E-state index is 14.3. The molecule has 1 saturated heterocycles. The van der Waals surface area contributed by atoms with Gasteiger partial charge >= 0.3 is 0 Å². The molecule has 1 atom stereocenters. The third kappa shape index (κ3) is 3.80. The third-order valence-corrected chi connectivity index (χ3v) is 5.84. The summed E-state index contributed by atoms with van der Waals surface area (Å²) in [6, 6.07) is 8.91. The first-order valence-corrected chi connectivity index (χ1v) is 10.2. The normalized spacial score (nSPS) is 21.4. The Morgan fingerprint density at radius 1 is 1.37 bits per heavy atom. The van der Waals surface area contributed by atoms with Crippen LogP contribution in [0.4, 0.5) is 4.39 Å². The summed E-state index contributed by atoms with van der Waals surface area (Å²) in [5.41, 5.74) is 7.58. The molecule has 2 aromatic rings. The molecule has 0 radical (unpaired) electrons. The third-order valence-electron chi connectivity index (χ3n) is 4.93. The van der Waals surface area contributed by atoms with Gasteiger partial charge in [0.15, 0.2) is 5.17 Å². The van der Waals surface area contributed by atoms with Crippen molar-refractivity contribution in [1.29, 1.82) is 0 Å². The summed E-state index contributed by atoms with van der Waals surface area (Å²) in [6.45, 7) is 5.52. The largest absolute Gasteiger partial charge is 0.376 e. The van der Waals surface area contributed by atoms with Gasteiger partial charge in [0.2, 0.25) is 0 Å². The number of halogens is 1. The van der Waals surface area contributed by atoms with Crippen molar-refractivity contribution in [2.75, 3.05) is 18.9 Å². The van der Waals surface area contributed by atoms with Crippen LogP contribution in [0.25, 0.3) is 5.69 Å². The van der Waals surface area contributed by atoms with Crippen molar-refractivity contribution in [2.24, 2.45) is 10.1 Å². The van der Waals surface area contributed by atoms with Crippen molar-refractivity contribution in [3.63, 3.8) is 0 Å². The smallest absolute Gasteiger partial charge is 0.177 e. The van der Waals surface area contributed by atoms with Crippen molar-refractivity contribution < 1.29 is 9.13 Å². The minimum atomic E-state index is -0.229. The number of amidine groups is 1. The molecule has 142 valence electrons. The van der Waals surface area contributed by atoms with E-state index >= 15 is 0 Å². The average molecular weight is 386 g/mol.